The highest BCUT2D eigenvalue weighted by molar-refractivity contribution is 4.69. The molecule has 2 heteroatoms. The van der Waals surface area contributed by atoms with E-state index in [4.69, 9.17) is 5.73 Å². The molecule has 0 spiro atoms. The van der Waals surface area contributed by atoms with Gasteiger partial charge in [-0.25, -0.2) is 0 Å². The molecule has 1 rings (SSSR count). The lowest BCUT2D eigenvalue weighted by molar-refractivity contribution is 0.230. The Bertz CT molecular complexity index is 162. The molecule has 0 radical (unpaired) electrons. The molecule has 16 heavy (non-hydrogen) atoms. The lowest BCUT2D eigenvalue weighted by atomic mass is 9.89. The highest BCUT2D eigenvalue weighted by Gasteiger charge is 2.14. The molecule has 0 aliphatic heterocycles. The maximum Gasteiger partial charge on any atom is 0.00104 e. The fourth-order valence-electron chi connectivity index (χ4n) is 2.75. The molecule has 0 bridgehead atoms. The van der Waals surface area contributed by atoms with E-state index in [0.717, 1.165) is 5.92 Å². The molecule has 0 saturated heterocycles. The summed E-state index contributed by atoms with van der Waals surface area (Å²) in [5, 5.41) is 0. The standard InChI is InChI=1S/C14H30N2/c1-13(15)8-6-7-11-16(2)12-14-9-4-3-5-10-14/h13-14H,3-12,15H2,1-2H3. The van der Waals surface area contributed by atoms with Gasteiger partial charge in [-0.3, -0.25) is 0 Å². The SMILES string of the molecule is CC(N)CCCCN(C)CC1CCCCC1. The Hall–Kier alpha value is -0.0800. The van der Waals surface area contributed by atoms with E-state index in [2.05, 4.69) is 18.9 Å². The highest BCUT2D eigenvalue weighted by Crippen LogP contribution is 2.24. The second kappa shape index (κ2) is 8.08. The summed E-state index contributed by atoms with van der Waals surface area (Å²) >= 11 is 0. The molecule has 2 N–H and O–H groups in total. The lowest BCUT2D eigenvalue weighted by Gasteiger charge is -2.27. The van der Waals surface area contributed by atoms with Gasteiger partial charge >= 0.3 is 0 Å². The van der Waals surface area contributed by atoms with Gasteiger partial charge in [0.15, 0.2) is 0 Å². The van der Waals surface area contributed by atoms with Gasteiger partial charge < -0.3 is 10.6 Å². The van der Waals surface area contributed by atoms with E-state index in [-0.39, 0.29) is 0 Å². The van der Waals surface area contributed by atoms with Gasteiger partial charge in [0.2, 0.25) is 0 Å². The van der Waals surface area contributed by atoms with E-state index in [1.807, 2.05) is 0 Å². The third-order valence-corrected chi connectivity index (χ3v) is 3.74. The second-order valence-corrected chi connectivity index (χ2v) is 5.74. The van der Waals surface area contributed by atoms with E-state index in [9.17, 15) is 0 Å². The number of hydrogen-bond acceptors (Lipinski definition) is 2. The average molecular weight is 226 g/mol. The van der Waals surface area contributed by atoms with Crippen molar-refractivity contribution in [3.05, 3.63) is 0 Å². The van der Waals surface area contributed by atoms with Gasteiger partial charge in [0, 0.05) is 12.6 Å². The molecule has 1 aliphatic rings. The van der Waals surface area contributed by atoms with Gasteiger partial charge in [-0.1, -0.05) is 25.7 Å². The van der Waals surface area contributed by atoms with E-state index < -0.39 is 0 Å². The molecule has 0 aromatic rings. The van der Waals surface area contributed by atoms with Crippen LogP contribution in [0, 0.1) is 5.92 Å². The summed E-state index contributed by atoms with van der Waals surface area (Å²) in [6, 6.07) is 0.378. The number of nitrogens with zero attached hydrogens (tertiary/aromatic N) is 1. The van der Waals surface area contributed by atoms with Crippen LogP contribution >= 0.6 is 0 Å². The zero-order valence-electron chi connectivity index (χ0n) is 11.3. The Kier molecular flexibility index (Phi) is 7.06. The Morgan fingerprint density at radius 3 is 2.50 bits per heavy atom. The first-order chi connectivity index (χ1) is 7.68. The van der Waals surface area contributed by atoms with Crippen LogP contribution in [0.15, 0.2) is 0 Å². The van der Waals surface area contributed by atoms with Crippen LogP contribution in [0.3, 0.4) is 0 Å². The first-order valence-corrected chi connectivity index (χ1v) is 7.12. The van der Waals surface area contributed by atoms with Crippen molar-refractivity contribution in [1.29, 1.82) is 0 Å². The van der Waals surface area contributed by atoms with Gasteiger partial charge in [-0.05, 0) is 52.1 Å². The first kappa shape index (κ1) is 14.0. The summed E-state index contributed by atoms with van der Waals surface area (Å²) < 4.78 is 0. The van der Waals surface area contributed by atoms with Crippen molar-refractivity contribution in [3.63, 3.8) is 0 Å². The van der Waals surface area contributed by atoms with Crippen molar-refractivity contribution < 1.29 is 0 Å². The molecule has 1 unspecified atom stereocenters. The van der Waals surface area contributed by atoms with Crippen LogP contribution in [0.4, 0.5) is 0 Å². The molecule has 2 nitrogen and oxygen atoms in total. The minimum Gasteiger partial charge on any atom is -0.328 e. The third kappa shape index (κ3) is 6.49. The van der Waals surface area contributed by atoms with Gasteiger partial charge in [-0.15, -0.1) is 0 Å². The maximum absolute atomic E-state index is 5.75. The average Bonchev–Trinajstić information content (AvgIpc) is 2.25. The van der Waals surface area contributed by atoms with Gasteiger partial charge in [-0.2, -0.15) is 0 Å². The molecular formula is C14H30N2. The Morgan fingerprint density at radius 1 is 1.19 bits per heavy atom. The summed E-state index contributed by atoms with van der Waals surface area (Å²) in [6.45, 7) is 4.67. The largest absolute Gasteiger partial charge is 0.328 e. The monoisotopic (exact) mass is 226 g/mol. The van der Waals surface area contributed by atoms with Crippen LogP contribution in [0.1, 0.15) is 58.3 Å². The smallest absolute Gasteiger partial charge is 0.00104 e. The number of nitrogens with two attached hydrogens (primary N) is 1. The quantitative estimate of drug-likeness (QED) is 0.676. The van der Waals surface area contributed by atoms with E-state index in [1.165, 1.54) is 64.5 Å². The fourth-order valence-corrected chi connectivity index (χ4v) is 2.75. The molecule has 96 valence electrons. The molecule has 1 saturated carbocycles. The van der Waals surface area contributed by atoms with Crippen molar-refractivity contribution in [2.24, 2.45) is 11.7 Å². The van der Waals surface area contributed by atoms with Crippen LogP contribution in [0.2, 0.25) is 0 Å². The topological polar surface area (TPSA) is 29.3 Å². The molecule has 1 fully saturated rings. The predicted octanol–water partition coefficient (Wildman–Crippen LogP) is 3.02. The minimum absolute atomic E-state index is 0.378. The molecule has 0 aromatic heterocycles. The Morgan fingerprint density at radius 2 is 1.88 bits per heavy atom. The molecule has 1 atom stereocenters. The summed E-state index contributed by atoms with van der Waals surface area (Å²) in [6.07, 6.45) is 11.1. The molecule has 0 amide bonds. The van der Waals surface area contributed by atoms with Crippen LogP contribution in [0.25, 0.3) is 0 Å². The highest BCUT2D eigenvalue weighted by atomic mass is 15.1. The Labute approximate surface area is 102 Å². The van der Waals surface area contributed by atoms with Crippen molar-refractivity contribution in [1.82, 2.24) is 4.90 Å². The summed E-state index contributed by atoms with van der Waals surface area (Å²) in [4.78, 5) is 2.52. The van der Waals surface area contributed by atoms with Crippen molar-refractivity contribution in [2.75, 3.05) is 20.1 Å². The first-order valence-electron chi connectivity index (χ1n) is 7.12. The zero-order chi connectivity index (χ0) is 11.8. The second-order valence-electron chi connectivity index (χ2n) is 5.74. The zero-order valence-corrected chi connectivity index (χ0v) is 11.3. The summed E-state index contributed by atoms with van der Waals surface area (Å²) in [5.74, 6) is 0.979. The van der Waals surface area contributed by atoms with Crippen LogP contribution in [-0.4, -0.2) is 31.1 Å². The summed E-state index contributed by atoms with van der Waals surface area (Å²) in [5.41, 5.74) is 5.75. The molecule has 1 aliphatic carbocycles. The van der Waals surface area contributed by atoms with Crippen LogP contribution in [0.5, 0.6) is 0 Å². The lowest BCUT2D eigenvalue weighted by Crippen LogP contribution is -2.28. The van der Waals surface area contributed by atoms with Crippen LogP contribution < -0.4 is 5.73 Å². The maximum atomic E-state index is 5.75. The molecule has 0 heterocycles. The van der Waals surface area contributed by atoms with E-state index in [1.54, 1.807) is 0 Å². The van der Waals surface area contributed by atoms with Crippen molar-refractivity contribution in [3.8, 4) is 0 Å². The Balaban J connectivity index is 1.99. The number of unbranched alkanes of at least 4 members (excludes halogenated alkanes) is 1. The van der Waals surface area contributed by atoms with Crippen LogP contribution in [-0.2, 0) is 0 Å². The minimum atomic E-state index is 0.378. The molecular weight excluding hydrogens is 196 g/mol. The van der Waals surface area contributed by atoms with Gasteiger partial charge in [0.05, 0.1) is 0 Å². The van der Waals surface area contributed by atoms with E-state index >= 15 is 0 Å². The van der Waals surface area contributed by atoms with Crippen molar-refractivity contribution in [2.45, 2.75) is 64.3 Å². The predicted molar refractivity (Wildman–Crippen MR) is 71.6 cm³/mol. The fraction of sp³-hybridized carbons (Fsp3) is 1.00. The van der Waals surface area contributed by atoms with Crippen molar-refractivity contribution >= 4 is 0 Å². The number of rotatable bonds is 7. The number of hydrogen-bond donors (Lipinski definition) is 1. The van der Waals surface area contributed by atoms with Gasteiger partial charge in [0.1, 0.15) is 0 Å². The van der Waals surface area contributed by atoms with E-state index in [0.29, 0.717) is 6.04 Å². The molecule has 0 aromatic carbocycles. The third-order valence-electron chi connectivity index (χ3n) is 3.74. The normalized spacial score (nSPS) is 20.2. The van der Waals surface area contributed by atoms with Gasteiger partial charge in [0.25, 0.3) is 0 Å². The summed E-state index contributed by atoms with van der Waals surface area (Å²) in [7, 11) is 2.28.